The maximum absolute atomic E-state index is 12.2. The second-order valence-electron chi connectivity index (χ2n) is 8.91. The number of hydrogen-bond acceptors (Lipinski definition) is 8. The van der Waals surface area contributed by atoms with Gasteiger partial charge in [0, 0.05) is 25.4 Å². The Labute approximate surface area is 192 Å². The Morgan fingerprint density at radius 2 is 2.03 bits per heavy atom. The first-order chi connectivity index (χ1) is 15.8. The molecule has 1 aliphatic rings. The highest BCUT2D eigenvalue weighted by Gasteiger charge is 2.26. The van der Waals surface area contributed by atoms with E-state index >= 15 is 0 Å². The molecule has 0 saturated carbocycles. The Morgan fingerprint density at radius 3 is 2.76 bits per heavy atom. The van der Waals surface area contributed by atoms with Crippen molar-refractivity contribution in [3.63, 3.8) is 0 Å². The van der Waals surface area contributed by atoms with Crippen LogP contribution >= 0.6 is 0 Å². The smallest absolute Gasteiger partial charge is 0.410 e. The van der Waals surface area contributed by atoms with E-state index in [1.54, 1.807) is 22.9 Å². The number of nitrogens with one attached hydrogen (secondary N) is 1. The van der Waals surface area contributed by atoms with Gasteiger partial charge in [-0.1, -0.05) is 6.07 Å². The molecular weight excluding hydrogens is 422 g/mol. The fraction of sp³-hybridized carbons (Fsp3) is 0.435. The second-order valence-corrected chi connectivity index (χ2v) is 8.91. The molecule has 33 heavy (non-hydrogen) atoms. The minimum atomic E-state index is -0.484. The molecule has 0 atom stereocenters. The zero-order valence-corrected chi connectivity index (χ0v) is 19.4. The average Bonchev–Trinajstić information content (AvgIpc) is 3.23. The van der Waals surface area contributed by atoms with Gasteiger partial charge in [-0.3, -0.25) is 5.43 Å². The summed E-state index contributed by atoms with van der Waals surface area (Å²) in [6.45, 7) is 6.93. The summed E-state index contributed by atoms with van der Waals surface area (Å²) in [6, 6.07) is 7.61. The van der Waals surface area contributed by atoms with Crippen LogP contribution in [0.1, 0.15) is 33.6 Å². The Hall–Kier alpha value is -3.69. The van der Waals surface area contributed by atoms with Crippen molar-refractivity contribution in [1.29, 1.82) is 0 Å². The number of ether oxygens (including phenoxy) is 2. The summed E-state index contributed by atoms with van der Waals surface area (Å²) in [7, 11) is 1.63. The molecule has 10 nitrogen and oxygen atoms in total. The zero-order chi connectivity index (χ0) is 23.4. The first-order valence-electron chi connectivity index (χ1n) is 10.9. The molecule has 1 saturated heterocycles. The van der Waals surface area contributed by atoms with Gasteiger partial charge in [-0.15, -0.1) is 0 Å². The SMILES string of the molecule is COc1cccc(-n2ncc3c(N/N=C/C4CCN(C(=O)OC(C)(C)C)CC4)ncnc32)c1. The van der Waals surface area contributed by atoms with E-state index in [2.05, 4.69) is 25.6 Å². The summed E-state index contributed by atoms with van der Waals surface area (Å²) in [6.07, 6.45) is 6.48. The van der Waals surface area contributed by atoms with Crippen molar-refractivity contribution in [2.24, 2.45) is 11.0 Å². The normalized spacial score (nSPS) is 15.2. The molecular formula is C23H29N7O3. The van der Waals surface area contributed by atoms with Crippen molar-refractivity contribution < 1.29 is 14.3 Å². The van der Waals surface area contributed by atoms with Gasteiger partial charge in [-0.25, -0.2) is 19.4 Å². The molecule has 1 fully saturated rings. The summed E-state index contributed by atoms with van der Waals surface area (Å²) >= 11 is 0. The minimum Gasteiger partial charge on any atom is -0.497 e. The van der Waals surface area contributed by atoms with Gasteiger partial charge in [0.05, 0.1) is 24.4 Å². The number of nitrogens with zero attached hydrogens (tertiary/aromatic N) is 6. The Bertz CT molecular complexity index is 1140. The number of benzene rings is 1. The number of carbonyl (C=O) groups excluding carboxylic acids is 1. The Balaban J connectivity index is 1.39. The molecule has 1 aromatic carbocycles. The van der Waals surface area contributed by atoms with Crippen LogP contribution in [-0.2, 0) is 4.74 Å². The molecule has 174 valence electrons. The van der Waals surface area contributed by atoms with Gasteiger partial charge in [-0.05, 0) is 51.7 Å². The fourth-order valence-corrected chi connectivity index (χ4v) is 3.63. The van der Waals surface area contributed by atoms with E-state index in [-0.39, 0.29) is 12.0 Å². The van der Waals surface area contributed by atoms with Crippen LogP contribution in [0, 0.1) is 5.92 Å². The van der Waals surface area contributed by atoms with Crippen molar-refractivity contribution in [2.75, 3.05) is 25.6 Å². The number of likely N-dealkylation sites (tertiary alicyclic amines) is 1. The molecule has 1 amide bonds. The molecule has 0 aliphatic carbocycles. The molecule has 3 aromatic rings. The van der Waals surface area contributed by atoms with Gasteiger partial charge in [0.25, 0.3) is 0 Å². The first-order valence-corrected chi connectivity index (χ1v) is 10.9. The third-order valence-electron chi connectivity index (χ3n) is 5.31. The molecule has 10 heteroatoms. The van der Waals surface area contributed by atoms with Crippen molar-refractivity contribution in [3.05, 3.63) is 36.8 Å². The monoisotopic (exact) mass is 451 g/mol. The number of fused-ring (bicyclic) bond motifs is 1. The van der Waals surface area contributed by atoms with Gasteiger partial charge in [0.1, 0.15) is 17.7 Å². The number of rotatable bonds is 5. The highest BCUT2D eigenvalue weighted by atomic mass is 16.6. The minimum absolute atomic E-state index is 0.257. The van der Waals surface area contributed by atoms with E-state index in [0.29, 0.717) is 24.6 Å². The number of aromatic nitrogens is 4. The molecule has 3 heterocycles. The van der Waals surface area contributed by atoms with E-state index in [1.807, 2.05) is 51.3 Å². The Kier molecular flexibility index (Phi) is 6.43. The molecule has 1 aliphatic heterocycles. The largest absolute Gasteiger partial charge is 0.497 e. The fourth-order valence-electron chi connectivity index (χ4n) is 3.63. The van der Waals surface area contributed by atoms with Crippen LogP contribution in [0.4, 0.5) is 10.6 Å². The maximum Gasteiger partial charge on any atom is 0.410 e. The number of hydrogen-bond donors (Lipinski definition) is 1. The van der Waals surface area contributed by atoms with E-state index in [4.69, 9.17) is 9.47 Å². The predicted octanol–water partition coefficient (Wildman–Crippen LogP) is 3.87. The highest BCUT2D eigenvalue weighted by molar-refractivity contribution is 5.87. The molecule has 1 N–H and O–H groups in total. The number of amides is 1. The summed E-state index contributed by atoms with van der Waals surface area (Å²) < 4.78 is 12.5. The van der Waals surface area contributed by atoms with Gasteiger partial charge in [0.2, 0.25) is 0 Å². The lowest BCUT2D eigenvalue weighted by molar-refractivity contribution is 0.0203. The van der Waals surface area contributed by atoms with Crippen molar-refractivity contribution in [3.8, 4) is 11.4 Å². The number of anilines is 1. The standard InChI is InChI=1S/C23H29N7O3/c1-23(2,3)33-22(31)29-10-8-16(9-11-29)13-26-28-20-19-14-27-30(21(19)25-15-24-20)17-6-5-7-18(12-17)32-4/h5-7,12-16H,8-11H2,1-4H3,(H,24,25,28)/b26-13+. The maximum atomic E-state index is 12.2. The Morgan fingerprint density at radius 1 is 1.24 bits per heavy atom. The van der Waals surface area contributed by atoms with Crippen LogP contribution in [0.5, 0.6) is 5.75 Å². The summed E-state index contributed by atoms with van der Waals surface area (Å²) in [5, 5.41) is 9.63. The van der Waals surface area contributed by atoms with Gasteiger partial charge in [-0.2, -0.15) is 10.2 Å². The summed E-state index contributed by atoms with van der Waals surface area (Å²) in [5.41, 5.74) is 4.05. The van der Waals surface area contributed by atoms with Gasteiger partial charge in [0.15, 0.2) is 11.5 Å². The zero-order valence-electron chi connectivity index (χ0n) is 19.4. The lowest BCUT2D eigenvalue weighted by atomic mass is 9.99. The van der Waals surface area contributed by atoms with Gasteiger partial charge < -0.3 is 14.4 Å². The topological polar surface area (TPSA) is 107 Å². The molecule has 0 radical (unpaired) electrons. The first kappa shape index (κ1) is 22.5. The second kappa shape index (κ2) is 9.43. The van der Waals surface area contributed by atoms with Crippen LogP contribution in [0.15, 0.2) is 41.9 Å². The van der Waals surface area contributed by atoms with Crippen LogP contribution < -0.4 is 10.2 Å². The van der Waals surface area contributed by atoms with E-state index < -0.39 is 5.60 Å². The van der Waals surface area contributed by atoms with E-state index in [1.165, 1.54) is 6.33 Å². The third kappa shape index (κ3) is 5.39. The summed E-state index contributed by atoms with van der Waals surface area (Å²) in [4.78, 5) is 22.7. The molecule has 0 spiro atoms. The molecule has 0 unspecified atom stereocenters. The number of piperidine rings is 1. The van der Waals surface area contributed by atoms with Crippen LogP contribution in [0.25, 0.3) is 16.7 Å². The average molecular weight is 452 g/mol. The van der Waals surface area contributed by atoms with Crippen molar-refractivity contribution in [1.82, 2.24) is 24.6 Å². The highest BCUT2D eigenvalue weighted by Crippen LogP contribution is 2.24. The summed E-state index contributed by atoms with van der Waals surface area (Å²) in [5.74, 6) is 1.59. The third-order valence-corrected chi connectivity index (χ3v) is 5.31. The quantitative estimate of drug-likeness (QED) is 0.463. The van der Waals surface area contributed by atoms with Crippen molar-refractivity contribution >= 4 is 29.2 Å². The number of hydrazone groups is 1. The van der Waals surface area contributed by atoms with E-state index in [0.717, 1.165) is 29.7 Å². The lowest BCUT2D eigenvalue weighted by Gasteiger charge is -2.32. The van der Waals surface area contributed by atoms with Crippen LogP contribution in [0.2, 0.25) is 0 Å². The number of carbonyl (C=O) groups is 1. The molecule has 0 bridgehead atoms. The van der Waals surface area contributed by atoms with Gasteiger partial charge >= 0.3 is 6.09 Å². The molecule has 2 aromatic heterocycles. The lowest BCUT2D eigenvalue weighted by Crippen LogP contribution is -2.42. The van der Waals surface area contributed by atoms with E-state index in [9.17, 15) is 4.79 Å². The van der Waals surface area contributed by atoms with Crippen LogP contribution in [0.3, 0.4) is 0 Å². The van der Waals surface area contributed by atoms with Crippen LogP contribution in [-0.4, -0.2) is 62.8 Å². The van der Waals surface area contributed by atoms with Crippen molar-refractivity contribution in [2.45, 2.75) is 39.2 Å². The molecule has 4 rings (SSSR count). The number of methoxy groups -OCH3 is 1. The predicted molar refractivity (Wildman–Crippen MR) is 126 cm³/mol.